The predicted molar refractivity (Wildman–Crippen MR) is 129 cm³/mol. The molecule has 0 unspecified atom stereocenters. The number of benzene rings is 3. The highest BCUT2D eigenvalue weighted by atomic mass is 79.9. The van der Waals surface area contributed by atoms with Crippen LogP contribution in [0.15, 0.2) is 74.5 Å². The molecule has 0 fully saturated rings. The summed E-state index contributed by atoms with van der Waals surface area (Å²) in [6.45, 7) is 0.0310. The van der Waals surface area contributed by atoms with Gasteiger partial charge >= 0.3 is 5.97 Å². The number of carboxylic acids is 1. The maximum atomic E-state index is 12.8. The minimum absolute atomic E-state index is 0.0310. The van der Waals surface area contributed by atoms with Gasteiger partial charge in [0.15, 0.2) is 0 Å². The molecular formula is C21H15Br2ClN2O5S. The van der Waals surface area contributed by atoms with Crippen LogP contribution in [0.5, 0.6) is 0 Å². The summed E-state index contributed by atoms with van der Waals surface area (Å²) < 4.78 is 28.9. The molecule has 3 aromatic rings. The van der Waals surface area contributed by atoms with E-state index in [1.54, 1.807) is 30.3 Å². The van der Waals surface area contributed by atoms with Crippen LogP contribution in [0.1, 0.15) is 26.3 Å². The van der Waals surface area contributed by atoms with Crippen molar-refractivity contribution in [2.24, 2.45) is 0 Å². The van der Waals surface area contributed by atoms with Crippen LogP contribution in [0.2, 0.25) is 5.02 Å². The highest BCUT2D eigenvalue weighted by Gasteiger charge is 2.21. The molecule has 0 atom stereocenters. The topological polar surface area (TPSA) is 113 Å². The Kier molecular flexibility index (Phi) is 7.73. The van der Waals surface area contributed by atoms with Crippen LogP contribution in [-0.2, 0) is 16.6 Å². The van der Waals surface area contributed by atoms with Crippen molar-refractivity contribution in [3.05, 3.63) is 91.3 Å². The number of rotatable bonds is 7. The fourth-order valence-corrected chi connectivity index (χ4v) is 5.20. The molecule has 11 heteroatoms. The highest BCUT2D eigenvalue weighted by Crippen LogP contribution is 2.26. The van der Waals surface area contributed by atoms with Gasteiger partial charge in [0.1, 0.15) is 0 Å². The Hall–Kier alpha value is -2.24. The minimum atomic E-state index is -3.97. The first-order valence-electron chi connectivity index (χ1n) is 8.94. The van der Waals surface area contributed by atoms with Crippen LogP contribution in [0.25, 0.3) is 0 Å². The lowest BCUT2D eigenvalue weighted by molar-refractivity contribution is 0.0698. The smallest absolute Gasteiger partial charge is 0.337 e. The molecule has 0 aliphatic rings. The fourth-order valence-electron chi connectivity index (χ4n) is 2.71. The zero-order valence-electron chi connectivity index (χ0n) is 16.1. The van der Waals surface area contributed by atoms with Crippen molar-refractivity contribution in [3.8, 4) is 0 Å². The molecule has 0 aliphatic heterocycles. The maximum absolute atomic E-state index is 12.8. The fraction of sp³-hybridized carbons (Fsp3) is 0.0476. The number of halogens is 3. The molecule has 3 N–H and O–H groups in total. The van der Waals surface area contributed by atoms with E-state index < -0.39 is 21.9 Å². The van der Waals surface area contributed by atoms with Gasteiger partial charge in [-0.15, -0.1) is 0 Å². The molecular weight excluding hydrogens is 588 g/mol. The highest BCUT2D eigenvalue weighted by molar-refractivity contribution is 9.10. The van der Waals surface area contributed by atoms with E-state index in [-0.39, 0.29) is 32.7 Å². The Morgan fingerprint density at radius 1 is 0.969 bits per heavy atom. The number of anilines is 1. The van der Waals surface area contributed by atoms with Gasteiger partial charge in [-0.05, 0) is 70.0 Å². The van der Waals surface area contributed by atoms with Gasteiger partial charge in [-0.1, -0.05) is 39.7 Å². The molecule has 1 amide bonds. The lowest BCUT2D eigenvalue weighted by Crippen LogP contribution is -2.24. The van der Waals surface area contributed by atoms with E-state index in [1.165, 1.54) is 30.3 Å². The predicted octanol–water partition coefficient (Wildman–Crippen LogP) is 5.29. The Labute approximate surface area is 206 Å². The second-order valence-electron chi connectivity index (χ2n) is 6.55. The molecule has 0 bridgehead atoms. The standard InChI is InChI=1S/C21H15Br2ClN2O5S/c22-14-4-8-18(16(10-14)21(28)29)26-20(27)13-3-7-17(23)19(9-13)32(30,31)25-11-12-1-5-15(24)6-2-12/h1-10,25H,11H2,(H,26,27)(H,28,29). The average Bonchev–Trinajstić information content (AvgIpc) is 2.74. The van der Waals surface area contributed by atoms with E-state index in [1.807, 2.05) is 0 Å². The van der Waals surface area contributed by atoms with Gasteiger partial charge in [0, 0.05) is 26.1 Å². The summed E-state index contributed by atoms with van der Waals surface area (Å²) in [5.74, 6) is -1.87. The van der Waals surface area contributed by atoms with Gasteiger partial charge in [-0.2, -0.15) is 0 Å². The van der Waals surface area contributed by atoms with Gasteiger partial charge in [-0.3, -0.25) is 4.79 Å². The maximum Gasteiger partial charge on any atom is 0.337 e. The number of sulfonamides is 1. The number of carbonyl (C=O) groups is 2. The number of carboxylic acid groups (broad SMARTS) is 1. The summed E-state index contributed by atoms with van der Waals surface area (Å²) in [6.07, 6.45) is 0. The second-order valence-corrected chi connectivity index (χ2v) is 10.5. The Bertz CT molecular complexity index is 1300. The molecule has 0 aromatic heterocycles. The normalized spacial score (nSPS) is 11.2. The summed E-state index contributed by atoms with van der Waals surface area (Å²) >= 11 is 12.2. The van der Waals surface area contributed by atoms with Gasteiger partial charge in [0.25, 0.3) is 5.91 Å². The quantitative estimate of drug-likeness (QED) is 0.340. The lowest BCUT2D eigenvalue weighted by atomic mass is 10.1. The summed E-state index contributed by atoms with van der Waals surface area (Å²) in [5, 5.41) is 12.4. The first-order chi connectivity index (χ1) is 15.1. The minimum Gasteiger partial charge on any atom is -0.478 e. The molecule has 7 nitrogen and oxygen atoms in total. The van der Waals surface area contributed by atoms with Crippen LogP contribution in [0.3, 0.4) is 0 Å². The van der Waals surface area contributed by atoms with E-state index in [0.29, 0.717) is 15.1 Å². The third-order valence-electron chi connectivity index (χ3n) is 4.32. The Balaban J connectivity index is 1.84. The first-order valence-corrected chi connectivity index (χ1v) is 12.4. The van der Waals surface area contributed by atoms with E-state index in [0.717, 1.165) is 0 Å². The number of hydrogen-bond acceptors (Lipinski definition) is 4. The Morgan fingerprint density at radius 2 is 1.66 bits per heavy atom. The lowest BCUT2D eigenvalue weighted by Gasteiger charge is -2.12. The van der Waals surface area contributed by atoms with Crippen LogP contribution < -0.4 is 10.0 Å². The van der Waals surface area contributed by atoms with E-state index in [9.17, 15) is 23.1 Å². The molecule has 3 aromatic carbocycles. The summed E-state index contributed by atoms with van der Waals surface area (Å²) in [6, 6.07) is 15.2. The van der Waals surface area contributed by atoms with Crippen molar-refractivity contribution in [1.82, 2.24) is 4.72 Å². The van der Waals surface area contributed by atoms with Crippen LogP contribution in [0.4, 0.5) is 5.69 Å². The average molecular weight is 603 g/mol. The molecule has 0 saturated carbocycles. The zero-order valence-corrected chi connectivity index (χ0v) is 20.8. The van der Waals surface area contributed by atoms with Crippen LogP contribution in [0, 0.1) is 0 Å². The van der Waals surface area contributed by atoms with Crippen molar-refractivity contribution in [2.75, 3.05) is 5.32 Å². The number of hydrogen-bond donors (Lipinski definition) is 3. The van der Waals surface area contributed by atoms with Crippen molar-refractivity contribution in [3.63, 3.8) is 0 Å². The largest absolute Gasteiger partial charge is 0.478 e. The summed E-state index contributed by atoms with van der Waals surface area (Å²) in [5.41, 5.74) is 0.722. The van der Waals surface area contributed by atoms with E-state index >= 15 is 0 Å². The molecule has 0 heterocycles. The first kappa shape index (κ1) is 24.4. The Morgan fingerprint density at radius 3 is 2.31 bits per heavy atom. The zero-order chi connectivity index (χ0) is 23.5. The molecule has 0 spiro atoms. The molecule has 0 aliphatic carbocycles. The van der Waals surface area contributed by atoms with Crippen LogP contribution >= 0.6 is 43.5 Å². The van der Waals surface area contributed by atoms with Crippen molar-refractivity contribution < 1.29 is 23.1 Å². The van der Waals surface area contributed by atoms with Crippen molar-refractivity contribution >= 4 is 71.0 Å². The summed E-state index contributed by atoms with van der Waals surface area (Å²) in [7, 11) is -3.97. The van der Waals surface area contributed by atoms with Gasteiger partial charge < -0.3 is 10.4 Å². The molecule has 0 radical (unpaired) electrons. The monoisotopic (exact) mass is 600 g/mol. The van der Waals surface area contributed by atoms with Gasteiger partial charge in [-0.25, -0.2) is 17.9 Å². The number of amides is 1. The number of carbonyl (C=O) groups excluding carboxylic acids is 1. The third-order valence-corrected chi connectivity index (χ3v) is 7.46. The second kappa shape index (κ2) is 10.1. The summed E-state index contributed by atoms with van der Waals surface area (Å²) in [4.78, 5) is 24.0. The SMILES string of the molecule is O=C(Nc1ccc(Br)cc1C(=O)O)c1ccc(Br)c(S(=O)(=O)NCc2ccc(Cl)cc2)c1. The van der Waals surface area contributed by atoms with E-state index in [2.05, 4.69) is 41.9 Å². The van der Waals surface area contributed by atoms with E-state index in [4.69, 9.17) is 11.6 Å². The van der Waals surface area contributed by atoms with Crippen LogP contribution in [-0.4, -0.2) is 25.4 Å². The van der Waals surface area contributed by atoms with Crippen molar-refractivity contribution in [1.29, 1.82) is 0 Å². The molecule has 32 heavy (non-hydrogen) atoms. The van der Waals surface area contributed by atoms with Crippen molar-refractivity contribution in [2.45, 2.75) is 11.4 Å². The molecule has 0 saturated heterocycles. The van der Waals surface area contributed by atoms with Gasteiger partial charge in [0.2, 0.25) is 10.0 Å². The number of aromatic carboxylic acids is 1. The number of nitrogens with one attached hydrogen (secondary N) is 2. The third kappa shape index (κ3) is 5.96. The molecule has 3 rings (SSSR count). The molecule has 166 valence electrons. The van der Waals surface area contributed by atoms with Gasteiger partial charge in [0.05, 0.1) is 16.1 Å².